The van der Waals surface area contributed by atoms with Crippen molar-refractivity contribution in [1.29, 1.82) is 0 Å². The summed E-state index contributed by atoms with van der Waals surface area (Å²) in [6.45, 7) is 2.70. The zero-order valence-corrected chi connectivity index (χ0v) is 31.4. The van der Waals surface area contributed by atoms with Crippen LogP contribution in [0.2, 0.25) is 0 Å². The van der Waals surface area contributed by atoms with E-state index < -0.39 is 6.10 Å². The number of benzene rings is 3. The third-order valence-corrected chi connectivity index (χ3v) is 12.3. The van der Waals surface area contributed by atoms with Crippen molar-refractivity contribution in [3.8, 4) is 39.9 Å². The van der Waals surface area contributed by atoms with E-state index in [2.05, 4.69) is 28.8 Å². The van der Waals surface area contributed by atoms with Crippen LogP contribution in [0, 0.1) is 5.92 Å². The fourth-order valence-corrected chi connectivity index (χ4v) is 9.87. The first-order valence-electron chi connectivity index (χ1n) is 19.7. The molecule has 2 heterocycles. The van der Waals surface area contributed by atoms with E-state index in [9.17, 15) is 15.0 Å². The van der Waals surface area contributed by atoms with Crippen molar-refractivity contribution >= 4 is 5.97 Å². The predicted molar refractivity (Wildman–Crippen MR) is 207 cm³/mol. The van der Waals surface area contributed by atoms with Crippen molar-refractivity contribution in [2.24, 2.45) is 11.7 Å². The number of allylic oxidation sites excluding steroid dienone is 2. The number of dihydropyridines is 1. The molecular weight excluding hydrogens is 682 g/mol. The van der Waals surface area contributed by atoms with E-state index in [1.165, 1.54) is 44.6 Å². The molecular formula is C44H53N3O7. The van der Waals surface area contributed by atoms with E-state index >= 15 is 0 Å². The van der Waals surface area contributed by atoms with Gasteiger partial charge in [0.25, 0.3) is 0 Å². The monoisotopic (exact) mass is 735 g/mol. The highest BCUT2D eigenvalue weighted by molar-refractivity contribution is 5.84. The van der Waals surface area contributed by atoms with Gasteiger partial charge in [-0.3, -0.25) is 4.79 Å². The fourth-order valence-electron chi connectivity index (χ4n) is 9.87. The van der Waals surface area contributed by atoms with E-state index in [0.29, 0.717) is 36.6 Å². The first kappa shape index (κ1) is 36.3. The van der Waals surface area contributed by atoms with Crippen molar-refractivity contribution in [1.82, 2.24) is 10.6 Å². The Balaban J connectivity index is 1.15. The number of phenolic OH excluding ortho intramolecular Hbond substituents is 2. The molecule has 3 aromatic carbocycles. The number of carbonyl (C=O) groups is 1. The molecule has 0 saturated heterocycles. The molecule has 10 heteroatoms. The number of nitrogens with two attached hydrogens (primary N) is 1. The molecule has 2 saturated carbocycles. The number of aromatic hydroxyl groups is 2. The molecule has 8 rings (SSSR count). The lowest BCUT2D eigenvalue weighted by molar-refractivity contribution is -0.141. The Kier molecular flexibility index (Phi) is 10.2. The average Bonchev–Trinajstić information content (AvgIpc) is 3.74. The number of phenols is 2. The maximum absolute atomic E-state index is 12.2. The summed E-state index contributed by atoms with van der Waals surface area (Å²) in [6, 6.07) is 13.8. The van der Waals surface area contributed by atoms with Crippen molar-refractivity contribution in [3.63, 3.8) is 0 Å². The smallest absolute Gasteiger partial charge is 0.302 e. The summed E-state index contributed by atoms with van der Waals surface area (Å²) in [6.07, 6.45) is 16.3. The second kappa shape index (κ2) is 15.2. The summed E-state index contributed by atoms with van der Waals surface area (Å²) in [5.74, 6) is 1.91. The molecule has 3 aliphatic carbocycles. The summed E-state index contributed by atoms with van der Waals surface area (Å²) >= 11 is 0. The van der Waals surface area contributed by atoms with Gasteiger partial charge in [-0.2, -0.15) is 0 Å². The third-order valence-electron chi connectivity index (χ3n) is 12.3. The van der Waals surface area contributed by atoms with Gasteiger partial charge in [0.15, 0.2) is 11.5 Å². The van der Waals surface area contributed by atoms with Crippen LogP contribution in [0.5, 0.6) is 28.7 Å². The molecule has 0 amide bonds. The Morgan fingerprint density at radius 2 is 1.93 bits per heavy atom. The lowest BCUT2D eigenvalue weighted by atomic mass is 9.65. The predicted octanol–water partition coefficient (Wildman–Crippen LogP) is 7.17. The van der Waals surface area contributed by atoms with Gasteiger partial charge in [-0.05, 0) is 97.4 Å². The number of ether oxygens (including phenoxy) is 4. The number of hydrogen-bond acceptors (Lipinski definition) is 10. The standard InChI is InChI=1S/C44H53N3O7/c1-26(48)53-25-35-33-10-11-34-40-30(19-32(49)21-38(40)51-2)23-44(15-14-27(22-44)18-28-8-13-39(45)47-24-28)41(34)43(33)54-42(35)29-9-12-36(50)37(20-29)52-17-16-46-31-6-4-3-5-7-31/h8-13,19-21,24,27,31,35,39,42,46-47,49-50H,3-7,14-18,22-23,25,45H2,1-2H3. The van der Waals surface area contributed by atoms with Gasteiger partial charge in [0.05, 0.1) is 19.2 Å². The third kappa shape index (κ3) is 7.13. The molecule has 0 radical (unpaired) electrons. The van der Waals surface area contributed by atoms with Gasteiger partial charge in [-0.25, -0.2) is 0 Å². The zero-order valence-electron chi connectivity index (χ0n) is 31.4. The van der Waals surface area contributed by atoms with E-state index in [1.807, 2.05) is 30.5 Å². The first-order valence-corrected chi connectivity index (χ1v) is 19.7. The number of esters is 1. The van der Waals surface area contributed by atoms with E-state index in [1.54, 1.807) is 19.2 Å². The maximum Gasteiger partial charge on any atom is 0.302 e. The van der Waals surface area contributed by atoms with Crippen LogP contribution in [0.1, 0.15) is 99.0 Å². The van der Waals surface area contributed by atoms with E-state index in [0.717, 1.165) is 71.2 Å². The summed E-state index contributed by atoms with van der Waals surface area (Å²) in [5, 5.41) is 28.5. The van der Waals surface area contributed by atoms with Crippen LogP contribution in [0.3, 0.4) is 0 Å². The molecule has 5 unspecified atom stereocenters. The number of hydrogen-bond donors (Lipinski definition) is 5. The Labute approximate surface area is 317 Å². The van der Waals surface area contributed by atoms with Crippen LogP contribution in [0.25, 0.3) is 11.1 Å². The molecule has 0 bridgehead atoms. The molecule has 6 N–H and O–H groups in total. The Morgan fingerprint density at radius 3 is 2.70 bits per heavy atom. The minimum absolute atomic E-state index is 0.0730. The van der Waals surface area contributed by atoms with Gasteiger partial charge in [-0.1, -0.05) is 43.5 Å². The molecule has 5 atom stereocenters. The topological polar surface area (TPSA) is 145 Å². The fraction of sp³-hybridized carbons (Fsp3) is 0.477. The van der Waals surface area contributed by atoms with Crippen LogP contribution < -0.4 is 30.6 Å². The van der Waals surface area contributed by atoms with E-state index in [4.69, 9.17) is 24.7 Å². The highest BCUT2D eigenvalue weighted by Gasteiger charge is 2.50. The maximum atomic E-state index is 12.2. The van der Waals surface area contributed by atoms with Gasteiger partial charge in [-0.15, -0.1) is 0 Å². The molecule has 54 heavy (non-hydrogen) atoms. The van der Waals surface area contributed by atoms with Crippen molar-refractivity contribution < 1.29 is 34.0 Å². The largest absolute Gasteiger partial charge is 0.508 e. The van der Waals surface area contributed by atoms with Crippen LogP contribution in [-0.2, 0) is 21.4 Å². The normalized spacial score (nSPS) is 25.6. The quantitative estimate of drug-likeness (QED) is 0.102. The summed E-state index contributed by atoms with van der Waals surface area (Å²) in [5.41, 5.74) is 13.1. The Bertz CT molecular complexity index is 1950. The van der Waals surface area contributed by atoms with Gasteiger partial charge in [0.2, 0.25) is 0 Å². The number of nitrogens with one attached hydrogen (secondary N) is 2. The summed E-state index contributed by atoms with van der Waals surface area (Å²) in [7, 11) is 1.64. The second-order valence-corrected chi connectivity index (χ2v) is 15.9. The van der Waals surface area contributed by atoms with Gasteiger partial charge in [0.1, 0.15) is 36.6 Å². The van der Waals surface area contributed by atoms with Gasteiger partial charge < -0.3 is 45.5 Å². The van der Waals surface area contributed by atoms with Crippen LogP contribution in [-0.4, -0.2) is 55.3 Å². The average molecular weight is 736 g/mol. The highest BCUT2D eigenvalue weighted by Crippen LogP contribution is 2.62. The van der Waals surface area contributed by atoms with E-state index in [-0.39, 0.29) is 41.6 Å². The Morgan fingerprint density at radius 1 is 1.07 bits per heavy atom. The lowest BCUT2D eigenvalue weighted by Crippen LogP contribution is -2.34. The minimum Gasteiger partial charge on any atom is -0.508 e. The Hall–Kier alpha value is -4.67. The molecule has 10 nitrogen and oxygen atoms in total. The molecule has 286 valence electrons. The second-order valence-electron chi connectivity index (χ2n) is 15.9. The number of carbonyl (C=O) groups excluding carboxylic acids is 1. The molecule has 5 aliphatic rings. The lowest BCUT2D eigenvalue weighted by Gasteiger charge is -2.39. The number of fused-ring (bicyclic) bond motifs is 6. The van der Waals surface area contributed by atoms with Crippen molar-refractivity contribution in [2.45, 2.75) is 101 Å². The SMILES string of the molecule is COc1cc(O)cc2c1-c1ccc3c(c1C1(CCC(CC4=CNC(N)C=C4)C1)C2)OC(c1ccc(O)c(OCCNC2CCCCC2)c1)C3COC(C)=O. The molecule has 1 spiro atoms. The van der Waals surface area contributed by atoms with Crippen LogP contribution >= 0.6 is 0 Å². The van der Waals surface area contributed by atoms with Gasteiger partial charge in [0, 0.05) is 53.9 Å². The van der Waals surface area contributed by atoms with Gasteiger partial charge >= 0.3 is 5.97 Å². The highest BCUT2D eigenvalue weighted by atomic mass is 16.5. The molecule has 0 aromatic heterocycles. The summed E-state index contributed by atoms with van der Waals surface area (Å²) < 4.78 is 24.9. The molecule has 2 aliphatic heterocycles. The van der Waals surface area contributed by atoms with Crippen LogP contribution in [0.15, 0.2) is 66.4 Å². The van der Waals surface area contributed by atoms with Crippen molar-refractivity contribution in [3.05, 3.63) is 88.6 Å². The van der Waals surface area contributed by atoms with Crippen molar-refractivity contribution in [2.75, 3.05) is 26.9 Å². The number of methoxy groups -OCH3 is 1. The zero-order chi connectivity index (χ0) is 37.4. The molecule has 2 fully saturated rings. The first-order chi connectivity index (χ1) is 26.2. The number of rotatable bonds is 11. The molecule has 3 aromatic rings. The summed E-state index contributed by atoms with van der Waals surface area (Å²) in [4.78, 5) is 12.2. The van der Waals surface area contributed by atoms with Crippen LogP contribution in [0.4, 0.5) is 0 Å². The minimum atomic E-state index is -0.487.